The van der Waals surface area contributed by atoms with E-state index in [1.54, 1.807) is 20.8 Å². The van der Waals surface area contributed by atoms with Crippen molar-refractivity contribution in [1.29, 1.82) is 5.26 Å². The Balaban J connectivity index is 3.05. The molecule has 0 aliphatic carbocycles. The molecule has 1 heterocycles. The summed E-state index contributed by atoms with van der Waals surface area (Å²) in [7, 11) is 0. The molecule has 0 aliphatic rings. The summed E-state index contributed by atoms with van der Waals surface area (Å²) in [6.45, 7) is 4.84. The number of nitriles is 1. The molecule has 0 bridgehead atoms. The van der Waals surface area contributed by atoms with E-state index in [9.17, 15) is 9.59 Å². The van der Waals surface area contributed by atoms with Gasteiger partial charge in [0.15, 0.2) is 0 Å². The number of nitrogens with zero attached hydrogens (tertiary/aromatic N) is 3. The maximum absolute atomic E-state index is 12.2. The van der Waals surface area contributed by atoms with Crippen molar-refractivity contribution in [3.05, 3.63) is 29.6 Å². The second-order valence-electron chi connectivity index (χ2n) is 5.00. The van der Waals surface area contributed by atoms with Gasteiger partial charge >= 0.3 is 5.97 Å². The summed E-state index contributed by atoms with van der Waals surface area (Å²) in [5.74, 6) is -1.56. The van der Waals surface area contributed by atoms with Crippen molar-refractivity contribution in [2.75, 3.05) is 6.54 Å². The molecule has 0 saturated carbocycles. The average Bonchev–Trinajstić information content (AvgIpc) is 2.34. The van der Waals surface area contributed by atoms with Crippen LogP contribution in [0.4, 0.5) is 0 Å². The standard InChI is InChI=1S/C13H15N3O3/c1-13(2,3)16(8-11(17)18)12(19)10-5-4-9(6-14)7-15-10/h4-5,7H,8H2,1-3H3,(H,17,18). The van der Waals surface area contributed by atoms with Gasteiger partial charge in [-0.1, -0.05) is 0 Å². The van der Waals surface area contributed by atoms with Gasteiger partial charge < -0.3 is 10.0 Å². The van der Waals surface area contributed by atoms with E-state index in [1.807, 2.05) is 6.07 Å². The minimum Gasteiger partial charge on any atom is -0.480 e. The zero-order valence-electron chi connectivity index (χ0n) is 11.0. The highest BCUT2D eigenvalue weighted by atomic mass is 16.4. The second-order valence-corrected chi connectivity index (χ2v) is 5.00. The monoisotopic (exact) mass is 261 g/mol. The SMILES string of the molecule is CC(C)(C)N(CC(=O)O)C(=O)c1ccc(C#N)cn1. The molecule has 0 aliphatic heterocycles. The van der Waals surface area contributed by atoms with Crippen LogP contribution in [0.3, 0.4) is 0 Å². The van der Waals surface area contributed by atoms with Crippen LogP contribution in [0.25, 0.3) is 0 Å². The van der Waals surface area contributed by atoms with Gasteiger partial charge in [0.2, 0.25) is 0 Å². The third kappa shape index (κ3) is 3.78. The third-order valence-corrected chi connectivity index (χ3v) is 2.46. The number of carboxylic acid groups (broad SMARTS) is 1. The maximum Gasteiger partial charge on any atom is 0.323 e. The molecular formula is C13H15N3O3. The third-order valence-electron chi connectivity index (χ3n) is 2.46. The maximum atomic E-state index is 12.2. The van der Waals surface area contributed by atoms with Crippen LogP contribution < -0.4 is 0 Å². The van der Waals surface area contributed by atoms with E-state index in [2.05, 4.69) is 4.98 Å². The molecule has 1 rings (SSSR count). The summed E-state index contributed by atoms with van der Waals surface area (Å²) in [5.41, 5.74) is -0.169. The largest absolute Gasteiger partial charge is 0.480 e. The van der Waals surface area contributed by atoms with E-state index in [-0.39, 0.29) is 5.69 Å². The van der Waals surface area contributed by atoms with Gasteiger partial charge in [-0.3, -0.25) is 9.59 Å². The Morgan fingerprint density at radius 3 is 2.42 bits per heavy atom. The first-order valence-electron chi connectivity index (χ1n) is 5.65. The first kappa shape index (κ1) is 14.6. The van der Waals surface area contributed by atoms with Gasteiger partial charge in [-0.25, -0.2) is 4.98 Å². The number of hydrogen-bond acceptors (Lipinski definition) is 4. The van der Waals surface area contributed by atoms with Crippen molar-refractivity contribution in [3.8, 4) is 6.07 Å². The summed E-state index contributed by atoms with van der Waals surface area (Å²) in [6, 6.07) is 4.80. The van der Waals surface area contributed by atoms with Gasteiger partial charge in [0.05, 0.1) is 5.56 Å². The molecule has 0 saturated heterocycles. The van der Waals surface area contributed by atoms with E-state index in [4.69, 9.17) is 10.4 Å². The van der Waals surface area contributed by atoms with Gasteiger partial charge in [0, 0.05) is 11.7 Å². The zero-order chi connectivity index (χ0) is 14.6. The molecule has 0 unspecified atom stereocenters. The molecular weight excluding hydrogens is 246 g/mol. The molecule has 0 fully saturated rings. The summed E-state index contributed by atoms with van der Waals surface area (Å²) in [5, 5.41) is 17.5. The molecule has 0 spiro atoms. The van der Waals surface area contributed by atoms with E-state index in [1.165, 1.54) is 23.2 Å². The normalized spacial score (nSPS) is 10.6. The van der Waals surface area contributed by atoms with E-state index in [0.717, 1.165) is 0 Å². The Bertz CT molecular complexity index is 524. The topological polar surface area (TPSA) is 94.3 Å². The van der Waals surface area contributed by atoms with Crippen LogP contribution in [0.5, 0.6) is 0 Å². The molecule has 0 radical (unpaired) electrons. The molecule has 1 aromatic heterocycles. The number of aromatic nitrogens is 1. The Kier molecular flexibility index (Phi) is 4.22. The molecule has 6 nitrogen and oxygen atoms in total. The van der Waals surface area contributed by atoms with Gasteiger partial charge in [-0.2, -0.15) is 5.26 Å². The number of aliphatic carboxylic acids is 1. The quantitative estimate of drug-likeness (QED) is 0.884. The van der Waals surface area contributed by atoms with Crippen molar-refractivity contribution in [3.63, 3.8) is 0 Å². The lowest BCUT2D eigenvalue weighted by molar-refractivity contribution is -0.138. The van der Waals surface area contributed by atoms with Gasteiger partial charge in [-0.05, 0) is 32.9 Å². The highest BCUT2D eigenvalue weighted by Crippen LogP contribution is 2.16. The van der Waals surface area contributed by atoms with Crippen LogP contribution in [0, 0.1) is 11.3 Å². The predicted octanol–water partition coefficient (Wildman–Crippen LogP) is 1.28. The van der Waals surface area contributed by atoms with Crippen molar-refractivity contribution in [1.82, 2.24) is 9.88 Å². The average molecular weight is 261 g/mol. The highest BCUT2D eigenvalue weighted by molar-refractivity contribution is 5.94. The summed E-state index contributed by atoms with van der Waals surface area (Å²) >= 11 is 0. The molecule has 19 heavy (non-hydrogen) atoms. The van der Waals surface area contributed by atoms with Crippen LogP contribution in [0.1, 0.15) is 36.8 Å². The van der Waals surface area contributed by atoms with Crippen molar-refractivity contribution < 1.29 is 14.7 Å². The Morgan fingerprint density at radius 1 is 1.42 bits per heavy atom. The van der Waals surface area contributed by atoms with Gasteiger partial charge in [-0.15, -0.1) is 0 Å². The lowest BCUT2D eigenvalue weighted by Crippen LogP contribution is -2.48. The van der Waals surface area contributed by atoms with E-state index in [0.29, 0.717) is 5.56 Å². The molecule has 0 aromatic carbocycles. The molecule has 1 amide bonds. The summed E-state index contributed by atoms with van der Waals surface area (Å²) < 4.78 is 0. The fourth-order valence-electron chi connectivity index (χ4n) is 1.47. The molecule has 100 valence electrons. The van der Waals surface area contributed by atoms with Crippen molar-refractivity contribution in [2.24, 2.45) is 0 Å². The van der Waals surface area contributed by atoms with Crippen LogP contribution in [-0.2, 0) is 4.79 Å². The Hall–Kier alpha value is -2.42. The predicted molar refractivity (Wildman–Crippen MR) is 67.4 cm³/mol. The zero-order valence-corrected chi connectivity index (χ0v) is 11.0. The lowest BCUT2D eigenvalue weighted by Gasteiger charge is -2.34. The summed E-state index contributed by atoms with van der Waals surface area (Å²) in [4.78, 5) is 28.2. The number of carbonyl (C=O) groups is 2. The second kappa shape index (κ2) is 5.48. The Labute approximate surface area is 111 Å². The van der Waals surface area contributed by atoms with Crippen LogP contribution in [-0.4, -0.2) is 39.0 Å². The first-order chi connectivity index (χ1) is 8.75. The number of carboxylic acids is 1. The summed E-state index contributed by atoms with van der Waals surface area (Å²) in [6.07, 6.45) is 1.29. The van der Waals surface area contributed by atoms with Crippen molar-refractivity contribution in [2.45, 2.75) is 26.3 Å². The fourth-order valence-corrected chi connectivity index (χ4v) is 1.47. The van der Waals surface area contributed by atoms with Crippen molar-refractivity contribution >= 4 is 11.9 Å². The molecule has 1 N–H and O–H groups in total. The molecule has 6 heteroatoms. The van der Waals surface area contributed by atoms with Crippen LogP contribution in [0.2, 0.25) is 0 Å². The minimum atomic E-state index is -1.09. The fraction of sp³-hybridized carbons (Fsp3) is 0.385. The van der Waals surface area contributed by atoms with Gasteiger partial charge in [0.1, 0.15) is 18.3 Å². The lowest BCUT2D eigenvalue weighted by atomic mass is 10.1. The highest BCUT2D eigenvalue weighted by Gasteiger charge is 2.29. The Morgan fingerprint density at radius 2 is 2.05 bits per heavy atom. The number of rotatable bonds is 3. The molecule has 0 atom stereocenters. The number of hydrogen-bond donors (Lipinski definition) is 1. The minimum absolute atomic E-state index is 0.121. The van der Waals surface area contributed by atoms with E-state index < -0.39 is 24.0 Å². The first-order valence-corrected chi connectivity index (χ1v) is 5.65. The van der Waals surface area contributed by atoms with Gasteiger partial charge in [0.25, 0.3) is 5.91 Å². The van der Waals surface area contributed by atoms with E-state index >= 15 is 0 Å². The number of carbonyl (C=O) groups excluding carboxylic acids is 1. The smallest absolute Gasteiger partial charge is 0.323 e. The van der Waals surface area contributed by atoms with Crippen LogP contribution in [0.15, 0.2) is 18.3 Å². The number of amides is 1. The van der Waals surface area contributed by atoms with Crippen LogP contribution >= 0.6 is 0 Å². The number of pyridine rings is 1. The molecule has 1 aromatic rings.